The summed E-state index contributed by atoms with van der Waals surface area (Å²) in [7, 11) is 1.69. The molecule has 3 amide bonds. The average molecular weight is 351 g/mol. The Bertz CT molecular complexity index is 832. The fourth-order valence-electron chi connectivity index (χ4n) is 3.66. The third-order valence-electron chi connectivity index (χ3n) is 5.00. The van der Waals surface area contributed by atoms with E-state index < -0.39 is 12.2 Å². The summed E-state index contributed by atoms with van der Waals surface area (Å²) in [5.74, 6) is 0.483. The number of rotatable bonds is 4. The molecule has 1 fully saturated rings. The summed E-state index contributed by atoms with van der Waals surface area (Å²) in [4.78, 5) is 36.9. The lowest BCUT2D eigenvalue weighted by Gasteiger charge is -2.39. The van der Waals surface area contributed by atoms with Gasteiger partial charge in [0.15, 0.2) is 12.2 Å². The summed E-state index contributed by atoms with van der Waals surface area (Å²) in [5.41, 5.74) is 2.18. The fourth-order valence-corrected chi connectivity index (χ4v) is 3.66. The Hall–Kier alpha value is -3.09. The molecule has 1 aromatic carbocycles. The Morgan fingerprint density at radius 3 is 2.62 bits per heavy atom. The smallest absolute Gasteiger partial charge is 0.310 e. The first-order valence-corrected chi connectivity index (χ1v) is 8.58. The van der Waals surface area contributed by atoms with Crippen molar-refractivity contribution in [3.05, 3.63) is 60.4 Å². The number of likely N-dealkylation sites (N-methyl/N-ethyl adjacent to an activating group) is 1. The van der Waals surface area contributed by atoms with Gasteiger partial charge in [-0.05, 0) is 12.5 Å². The van der Waals surface area contributed by atoms with Crippen molar-refractivity contribution in [2.24, 2.45) is 4.99 Å². The molecule has 0 saturated carbocycles. The van der Waals surface area contributed by atoms with Gasteiger partial charge in [0, 0.05) is 25.5 Å². The molecule has 0 aromatic heterocycles. The van der Waals surface area contributed by atoms with Crippen LogP contribution in [0, 0.1) is 0 Å². The molecule has 26 heavy (non-hydrogen) atoms. The van der Waals surface area contributed by atoms with E-state index in [-0.39, 0.29) is 18.5 Å². The predicted octanol–water partition coefficient (Wildman–Crippen LogP) is 1.81. The molecule has 0 radical (unpaired) electrons. The van der Waals surface area contributed by atoms with Gasteiger partial charge >= 0.3 is 6.03 Å². The summed E-state index contributed by atoms with van der Waals surface area (Å²) in [6.45, 7) is 6.51. The number of hydrogen-bond donors (Lipinski definition) is 0. The maximum absolute atomic E-state index is 12.9. The zero-order valence-corrected chi connectivity index (χ0v) is 14.9. The molecule has 2 unspecified atom stereocenters. The van der Waals surface area contributed by atoms with Crippen LogP contribution in [0.25, 0.3) is 0 Å². The highest BCUT2D eigenvalue weighted by Gasteiger charge is 2.53. The third-order valence-corrected chi connectivity index (χ3v) is 5.00. The van der Waals surface area contributed by atoms with Crippen LogP contribution in [-0.2, 0) is 11.3 Å². The second-order valence-electron chi connectivity index (χ2n) is 6.67. The van der Waals surface area contributed by atoms with E-state index in [1.54, 1.807) is 13.1 Å². The lowest BCUT2D eigenvalue weighted by atomic mass is 10.1. The Labute approximate surface area is 152 Å². The minimum absolute atomic E-state index is 0.199. The summed E-state index contributed by atoms with van der Waals surface area (Å²) in [6.07, 6.45) is 3.00. The van der Waals surface area contributed by atoms with E-state index in [9.17, 15) is 9.59 Å². The van der Waals surface area contributed by atoms with Crippen LogP contribution in [0.2, 0.25) is 0 Å². The molecule has 4 rings (SSSR count). The molecule has 0 N–H and O–H groups in total. The number of fused-ring (bicyclic) bond motifs is 3. The van der Waals surface area contributed by atoms with Crippen molar-refractivity contribution in [2.75, 3.05) is 13.6 Å². The van der Waals surface area contributed by atoms with Crippen LogP contribution < -0.4 is 0 Å². The molecule has 0 spiro atoms. The largest absolute Gasteiger partial charge is 0.328 e. The van der Waals surface area contributed by atoms with Gasteiger partial charge in [-0.3, -0.25) is 9.69 Å². The van der Waals surface area contributed by atoms with Gasteiger partial charge in [0.05, 0.1) is 6.54 Å². The highest BCUT2D eigenvalue weighted by atomic mass is 16.2. The van der Waals surface area contributed by atoms with Crippen molar-refractivity contribution in [3.63, 3.8) is 0 Å². The normalized spacial score (nSPS) is 24.5. The number of guanidine groups is 1. The van der Waals surface area contributed by atoms with Gasteiger partial charge in [-0.15, -0.1) is 6.58 Å². The Kier molecular flexibility index (Phi) is 3.79. The quantitative estimate of drug-likeness (QED) is 0.777. The topological polar surface area (TPSA) is 59.5 Å². The second-order valence-corrected chi connectivity index (χ2v) is 6.67. The second kappa shape index (κ2) is 6.01. The van der Waals surface area contributed by atoms with Gasteiger partial charge < -0.3 is 14.7 Å². The molecule has 7 heteroatoms. The van der Waals surface area contributed by atoms with Crippen molar-refractivity contribution >= 4 is 17.9 Å². The summed E-state index contributed by atoms with van der Waals surface area (Å²) < 4.78 is 0. The number of allylic oxidation sites excluding steroid dienone is 1. The summed E-state index contributed by atoms with van der Waals surface area (Å²) in [5, 5.41) is 0. The zero-order chi connectivity index (χ0) is 18.4. The van der Waals surface area contributed by atoms with E-state index in [1.165, 1.54) is 9.80 Å². The highest BCUT2D eigenvalue weighted by molar-refractivity contribution is 6.04. The highest BCUT2D eigenvalue weighted by Crippen LogP contribution is 2.34. The molecular weight excluding hydrogens is 330 g/mol. The van der Waals surface area contributed by atoms with E-state index in [4.69, 9.17) is 4.99 Å². The minimum Gasteiger partial charge on any atom is -0.310 e. The number of urea groups is 1. The van der Waals surface area contributed by atoms with Crippen LogP contribution in [0.3, 0.4) is 0 Å². The number of imide groups is 1. The van der Waals surface area contributed by atoms with Crippen LogP contribution in [0.5, 0.6) is 0 Å². The number of benzene rings is 1. The Balaban J connectivity index is 1.65. The molecular formula is C19H21N5O2. The zero-order valence-electron chi connectivity index (χ0n) is 14.9. The van der Waals surface area contributed by atoms with Crippen molar-refractivity contribution in [1.29, 1.82) is 0 Å². The fraction of sp³-hybridized carbons (Fsp3) is 0.316. The van der Waals surface area contributed by atoms with Crippen molar-refractivity contribution in [3.8, 4) is 0 Å². The number of amides is 3. The molecule has 3 heterocycles. The molecule has 3 aliphatic heterocycles. The summed E-state index contributed by atoms with van der Waals surface area (Å²) in [6, 6.07) is 9.25. The number of aliphatic imine (C=N–C) groups is 1. The van der Waals surface area contributed by atoms with Gasteiger partial charge in [-0.25, -0.2) is 9.79 Å². The number of carbonyl (C=O) groups is 2. The molecule has 2 atom stereocenters. The van der Waals surface area contributed by atoms with Crippen molar-refractivity contribution in [2.45, 2.75) is 25.7 Å². The lowest BCUT2D eigenvalue weighted by Crippen LogP contribution is -2.64. The van der Waals surface area contributed by atoms with Gasteiger partial charge in [0.25, 0.3) is 5.91 Å². The number of hydrogen-bond acceptors (Lipinski definition) is 5. The number of carbonyl (C=O) groups excluding carboxylic acids is 2. The first-order chi connectivity index (χ1) is 12.5. The van der Waals surface area contributed by atoms with Gasteiger partial charge in [0.2, 0.25) is 5.96 Å². The minimum atomic E-state index is -0.525. The van der Waals surface area contributed by atoms with E-state index in [0.717, 1.165) is 17.2 Å². The van der Waals surface area contributed by atoms with Gasteiger partial charge in [-0.2, -0.15) is 0 Å². The maximum atomic E-state index is 12.9. The van der Waals surface area contributed by atoms with E-state index >= 15 is 0 Å². The van der Waals surface area contributed by atoms with E-state index in [1.807, 2.05) is 36.2 Å². The molecule has 0 aliphatic carbocycles. The average Bonchev–Trinajstić information content (AvgIpc) is 3.14. The molecule has 1 saturated heterocycles. The predicted molar refractivity (Wildman–Crippen MR) is 97.7 cm³/mol. The Morgan fingerprint density at radius 1 is 1.19 bits per heavy atom. The standard InChI is InChI=1S/C19H21N5O2/c1-4-10-22-17(25)15-16(21(3)19(22)26)20-18-23(13(2)11-24(15)18)12-14-8-6-5-7-9-14/h4-9,11,15-16H,1,10,12H2,2-3H3. The van der Waals surface area contributed by atoms with E-state index in [2.05, 4.69) is 23.6 Å². The van der Waals surface area contributed by atoms with Crippen LogP contribution in [0.15, 0.2) is 59.9 Å². The molecule has 0 bridgehead atoms. The SMILES string of the molecule is C=CCN1C(=O)C2C(N=C3N(Cc4ccccc4)C(C)=CN32)N(C)C1=O. The molecule has 134 valence electrons. The monoisotopic (exact) mass is 351 g/mol. The van der Waals surface area contributed by atoms with Crippen molar-refractivity contribution < 1.29 is 9.59 Å². The van der Waals surface area contributed by atoms with Crippen molar-refractivity contribution in [1.82, 2.24) is 19.6 Å². The van der Waals surface area contributed by atoms with Crippen LogP contribution in [-0.4, -0.2) is 63.3 Å². The molecule has 7 nitrogen and oxygen atoms in total. The van der Waals surface area contributed by atoms with Crippen LogP contribution >= 0.6 is 0 Å². The van der Waals surface area contributed by atoms with Gasteiger partial charge in [-0.1, -0.05) is 36.4 Å². The van der Waals surface area contributed by atoms with Crippen LogP contribution in [0.4, 0.5) is 4.79 Å². The number of nitrogens with zero attached hydrogens (tertiary/aromatic N) is 5. The first kappa shape index (κ1) is 16.4. The third kappa shape index (κ3) is 2.31. The summed E-state index contributed by atoms with van der Waals surface area (Å²) >= 11 is 0. The molecule has 1 aromatic rings. The van der Waals surface area contributed by atoms with Crippen LogP contribution in [0.1, 0.15) is 12.5 Å². The Morgan fingerprint density at radius 2 is 1.92 bits per heavy atom. The van der Waals surface area contributed by atoms with Gasteiger partial charge in [0.1, 0.15) is 0 Å². The molecule has 3 aliphatic rings. The maximum Gasteiger partial charge on any atom is 0.328 e. The first-order valence-electron chi connectivity index (χ1n) is 8.58. The lowest BCUT2D eigenvalue weighted by molar-refractivity contribution is -0.136. The van der Waals surface area contributed by atoms with E-state index in [0.29, 0.717) is 6.54 Å².